The highest BCUT2D eigenvalue weighted by molar-refractivity contribution is 5.96. The topological polar surface area (TPSA) is 84.9 Å². The Morgan fingerprint density at radius 1 is 1.03 bits per heavy atom. The van der Waals surface area contributed by atoms with Crippen molar-refractivity contribution in [1.82, 2.24) is 25.1 Å². The number of alkyl halides is 3. The molecule has 1 aliphatic carbocycles. The maximum Gasteiger partial charge on any atom is 0.435 e. The summed E-state index contributed by atoms with van der Waals surface area (Å²) in [6.07, 6.45) is -0.897. The van der Waals surface area contributed by atoms with Crippen LogP contribution in [0.4, 0.5) is 29.6 Å². The molecule has 5 rings (SSSR count). The van der Waals surface area contributed by atoms with Crippen molar-refractivity contribution < 1.29 is 22.8 Å². The number of benzene rings is 1. The molecule has 0 unspecified atom stereocenters. The Morgan fingerprint density at radius 3 is 2.23 bits per heavy atom. The molecule has 0 bridgehead atoms. The van der Waals surface area contributed by atoms with E-state index in [9.17, 15) is 22.8 Å². The first-order valence-electron chi connectivity index (χ1n) is 13.2. The van der Waals surface area contributed by atoms with Crippen LogP contribution in [0.5, 0.6) is 0 Å². The van der Waals surface area contributed by atoms with Gasteiger partial charge >= 0.3 is 12.2 Å². The highest BCUT2D eigenvalue weighted by Gasteiger charge is 2.52. The Morgan fingerprint density at radius 2 is 1.67 bits per heavy atom. The number of carbonyl (C=O) groups is 2. The molecule has 1 aromatic heterocycles. The van der Waals surface area contributed by atoms with Gasteiger partial charge in [0.15, 0.2) is 5.69 Å². The number of anilines is 2. The zero-order chi connectivity index (χ0) is 28.0. The Balaban J connectivity index is 1.37. The first-order chi connectivity index (χ1) is 18.4. The van der Waals surface area contributed by atoms with Crippen molar-refractivity contribution in [3.63, 3.8) is 0 Å². The molecule has 3 fully saturated rings. The maximum atomic E-state index is 14.2. The van der Waals surface area contributed by atoms with E-state index >= 15 is 0 Å². The van der Waals surface area contributed by atoms with Crippen molar-refractivity contribution in [2.45, 2.75) is 49.9 Å². The molecule has 2 saturated heterocycles. The molecule has 2 aliphatic heterocycles. The number of piperazine rings is 1. The number of hydrogen-bond acceptors (Lipinski definition) is 6. The van der Waals surface area contributed by atoms with Crippen LogP contribution in [0.25, 0.3) is 0 Å². The molecule has 3 amide bonds. The zero-order valence-electron chi connectivity index (χ0n) is 22.5. The van der Waals surface area contributed by atoms with Crippen LogP contribution in [0.3, 0.4) is 0 Å². The third-order valence-corrected chi connectivity index (χ3v) is 8.60. The SMILES string of the molecule is CC(=O)N1CCN(c2ncc(N3C[C@]4(CC[C@](c5ccccc5)(N(C)C)CC4)NC3=O)c(C(F)(F)F)n2)CC1. The summed E-state index contributed by atoms with van der Waals surface area (Å²) < 4.78 is 42.7. The van der Waals surface area contributed by atoms with E-state index in [0.717, 1.165) is 23.9 Å². The minimum Gasteiger partial charge on any atom is -0.339 e. The van der Waals surface area contributed by atoms with Gasteiger partial charge in [-0.15, -0.1) is 0 Å². The van der Waals surface area contributed by atoms with E-state index in [1.54, 1.807) is 9.80 Å². The molecule has 1 spiro atoms. The number of aromatic nitrogens is 2. The lowest BCUT2D eigenvalue weighted by Crippen LogP contribution is -2.54. The first-order valence-corrected chi connectivity index (χ1v) is 13.2. The summed E-state index contributed by atoms with van der Waals surface area (Å²) >= 11 is 0. The summed E-state index contributed by atoms with van der Waals surface area (Å²) in [6, 6.07) is 9.64. The third-order valence-electron chi connectivity index (χ3n) is 8.60. The second-order valence-corrected chi connectivity index (χ2v) is 11.0. The van der Waals surface area contributed by atoms with Crippen LogP contribution in [0.15, 0.2) is 36.5 Å². The lowest BCUT2D eigenvalue weighted by Gasteiger charge is -2.48. The largest absolute Gasteiger partial charge is 0.435 e. The van der Waals surface area contributed by atoms with Gasteiger partial charge in [-0.1, -0.05) is 30.3 Å². The highest BCUT2D eigenvalue weighted by atomic mass is 19.4. The molecule has 3 aliphatic rings. The number of rotatable bonds is 4. The Bertz CT molecular complexity index is 1220. The fourth-order valence-corrected chi connectivity index (χ4v) is 6.22. The molecule has 3 heterocycles. The maximum absolute atomic E-state index is 14.2. The van der Waals surface area contributed by atoms with E-state index in [1.165, 1.54) is 12.5 Å². The third kappa shape index (κ3) is 5.02. The molecule has 39 heavy (non-hydrogen) atoms. The quantitative estimate of drug-likeness (QED) is 0.634. The average molecular weight is 546 g/mol. The minimum absolute atomic E-state index is 0.0557. The fourth-order valence-electron chi connectivity index (χ4n) is 6.22. The molecule has 1 saturated carbocycles. The summed E-state index contributed by atoms with van der Waals surface area (Å²) in [7, 11) is 4.08. The van der Waals surface area contributed by atoms with E-state index in [4.69, 9.17) is 0 Å². The number of carbonyl (C=O) groups excluding carboxylic acids is 2. The van der Waals surface area contributed by atoms with E-state index in [2.05, 4.69) is 32.3 Å². The van der Waals surface area contributed by atoms with Crippen molar-refractivity contribution >= 4 is 23.6 Å². The first kappa shape index (κ1) is 27.2. The van der Waals surface area contributed by atoms with Gasteiger partial charge in [0, 0.05) is 38.6 Å². The van der Waals surface area contributed by atoms with Crippen LogP contribution < -0.4 is 15.1 Å². The number of urea groups is 1. The molecule has 12 heteroatoms. The van der Waals surface area contributed by atoms with Crippen LogP contribution in [0, 0.1) is 0 Å². The molecular weight excluding hydrogens is 511 g/mol. The van der Waals surface area contributed by atoms with E-state index in [0.29, 0.717) is 39.0 Å². The smallest absolute Gasteiger partial charge is 0.339 e. The van der Waals surface area contributed by atoms with Gasteiger partial charge in [0.1, 0.15) is 0 Å². The van der Waals surface area contributed by atoms with Crippen molar-refractivity contribution in [3.8, 4) is 0 Å². The van der Waals surface area contributed by atoms with Crippen LogP contribution >= 0.6 is 0 Å². The summed E-state index contributed by atoms with van der Waals surface area (Å²) in [5, 5.41) is 3.02. The number of nitrogens with one attached hydrogen (secondary N) is 1. The van der Waals surface area contributed by atoms with E-state index < -0.39 is 23.4 Å². The van der Waals surface area contributed by atoms with Gasteiger partial charge in [-0.2, -0.15) is 13.2 Å². The number of hydrogen-bond donors (Lipinski definition) is 1. The van der Waals surface area contributed by atoms with Gasteiger partial charge in [0.05, 0.1) is 24.0 Å². The van der Waals surface area contributed by atoms with Crippen LogP contribution in [-0.2, 0) is 16.5 Å². The van der Waals surface area contributed by atoms with Gasteiger partial charge in [0.2, 0.25) is 11.9 Å². The van der Waals surface area contributed by atoms with Gasteiger partial charge in [0.25, 0.3) is 0 Å². The highest BCUT2D eigenvalue weighted by Crippen LogP contribution is 2.47. The van der Waals surface area contributed by atoms with Gasteiger partial charge in [-0.25, -0.2) is 14.8 Å². The second kappa shape index (κ2) is 9.96. The molecular formula is C27H34F3N7O2. The van der Waals surface area contributed by atoms with E-state index in [1.807, 2.05) is 32.3 Å². The second-order valence-electron chi connectivity index (χ2n) is 11.0. The fraction of sp³-hybridized carbons (Fsp3) is 0.556. The molecule has 2 aromatic rings. The summed E-state index contributed by atoms with van der Waals surface area (Å²) in [4.78, 5) is 39.5. The molecule has 0 radical (unpaired) electrons. The Hall–Kier alpha value is -3.41. The van der Waals surface area contributed by atoms with E-state index in [-0.39, 0.29) is 29.6 Å². The minimum atomic E-state index is -4.77. The monoisotopic (exact) mass is 545 g/mol. The summed E-state index contributed by atoms with van der Waals surface area (Å²) in [5.74, 6) is -0.134. The standard InChI is InChI=1S/C27H34F3N7O2/c1-19(38)35-13-15-36(16-14-35)23-31-17-21(22(32-23)27(28,29)30)37-18-25(33-24(37)39)9-11-26(12-10-25,34(2)3)20-7-5-4-6-8-20/h4-8,17H,9-16,18H2,1-3H3,(H,33,39)/t25-,26+. The summed E-state index contributed by atoms with van der Waals surface area (Å²) in [6.45, 7) is 3.02. The van der Waals surface area contributed by atoms with Crippen molar-refractivity contribution in [1.29, 1.82) is 0 Å². The Labute approximate surface area is 226 Å². The predicted octanol–water partition coefficient (Wildman–Crippen LogP) is 3.46. The van der Waals surface area contributed by atoms with Gasteiger partial charge in [-0.3, -0.25) is 14.6 Å². The number of nitrogens with zero attached hydrogens (tertiary/aromatic N) is 6. The normalized spacial score (nSPS) is 25.9. The van der Waals surface area contributed by atoms with Crippen LogP contribution in [-0.4, -0.2) is 84.1 Å². The molecule has 0 atom stereocenters. The molecule has 9 nitrogen and oxygen atoms in total. The zero-order valence-corrected chi connectivity index (χ0v) is 22.5. The lowest BCUT2D eigenvalue weighted by atomic mass is 9.69. The Kier molecular flexibility index (Phi) is 6.94. The van der Waals surface area contributed by atoms with Gasteiger partial charge in [-0.05, 0) is 45.3 Å². The van der Waals surface area contributed by atoms with Crippen molar-refractivity contribution in [2.24, 2.45) is 0 Å². The molecule has 210 valence electrons. The molecule has 1 N–H and O–H groups in total. The number of halogens is 3. The number of amides is 3. The lowest BCUT2D eigenvalue weighted by molar-refractivity contribution is -0.140. The predicted molar refractivity (Wildman–Crippen MR) is 140 cm³/mol. The van der Waals surface area contributed by atoms with Crippen molar-refractivity contribution in [2.75, 3.05) is 56.6 Å². The summed E-state index contributed by atoms with van der Waals surface area (Å²) in [5.41, 5.74) is -1.11. The van der Waals surface area contributed by atoms with Crippen molar-refractivity contribution in [3.05, 3.63) is 47.8 Å². The van der Waals surface area contributed by atoms with Crippen LogP contribution in [0.1, 0.15) is 43.9 Å². The van der Waals surface area contributed by atoms with Crippen LogP contribution in [0.2, 0.25) is 0 Å². The average Bonchev–Trinajstić information content (AvgIpc) is 3.24. The molecule has 1 aromatic carbocycles. The van der Waals surface area contributed by atoms with Gasteiger partial charge < -0.3 is 15.1 Å².